The van der Waals surface area contributed by atoms with Gasteiger partial charge < -0.3 is 10.1 Å². The molecule has 0 spiro atoms. The Hall–Kier alpha value is -0.730. The summed E-state index contributed by atoms with van der Waals surface area (Å²) in [5, 5.41) is 4.39. The Morgan fingerprint density at radius 2 is 2.12 bits per heavy atom. The molecule has 0 saturated heterocycles. The molecule has 0 bridgehead atoms. The van der Waals surface area contributed by atoms with E-state index in [0.717, 1.165) is 40.9 Å². The third-order valence-corrected chi connectivity index (χ3v) is 3.96. The Morgan fingerprint density at radius 3 is 2.71 bits per heavy atom. The van der Waals surface area contributed by atoms with Gasteiger partial charge in [0.25, 0.3) is 0 Å². The molecule has 1 aromatic carbocycles. The van der Waals surface area contributed by atoms with Crippen molar-refractivity contribution in [2.24, 2.45) is 0 Å². The van der Waals surface area contributed by atoms with Crippen LogP contribution in [0.3, 0.4) is 0 Å². The van der Waals surface area contributed by atoms with Crippen LogP contribution in [-0.2, 0) is 6.42 Å². The molecule has 0 amide bonds. The quantitative estimate of drug-likeness (QED) is 0.870. The summed E-state index contributed by atoms with van der Waals surface area (Å²) in [6.07, 6.45) is 3.63. The summed E-state index contributed by atoms with van der Waals surface area (Å²) in [6.45, 7) is 5.09. The average molecular weight is 254 g/mol. The second-order valence-electron chi connectivity index (χ2n) is 4.79. The van der Waals surface area contributed by atoms with Crippen molar-refractivity contribution in [3.8, 4) is 5.75 Å². The third-order valence-electron chi connectivity index (χ3n) is 3.38. The highest BCUT2D eigenvalue weighted by atomic mass is 35.5. The van der Waals surface area contributed by atoms with E-state index in [1.807, 2.05) is 13.0 Å². The van der Waals surface area contributed by atoms with E-state index in [4.69, 9.17) is 16.3 Å². The molecule has 0 unspecified atom stereocenters. The highest BCUT2D eigenvalue weighted by Crippen LogP contribution is 2.31. The summed E-state index contributed by atoms with van der Waals surface area (Å²) in [6, 6.07) is 2.78. The van der Waals surface area contributed by atoms with Crippen molar-refractivity contribution in [1.82, 2.24) is 5.32 Å². The van der Waals surface area contributed by atoms with Crippen molar-refractivity contribution in [3.63, 3.8) is 0 Å². The second-order valence-corrected chi connectivity index (χ2v) is 5.17. The van der Waals surface area contributed by atoms with E-state index >= 15 is 0 Å². The van der Waals surface area contributed by atoms with E-state index < -0.39 is 0 Å². The number of hydrogen-bond acceptors (Lipinski definition) is 2. The number of aryl methyl sites for hydroxylation is 1. The highest BCUT2D eigenvalue weighted by Gasteiger charge is 2.20. The van der Waals surface area contributed by atoms with Gasteiger partial charge in [-0.1, -0.05) is 11.6 Å². The molecule has 17 heavy (non-hydrogen) atoms. The molecule has 1 fully saturated rings. The first kappa shape index (κ1) is 12.7. The largest absolute Gasteiger partial charge is 0.496 e. The molecule has 0 heterocycles. The molecule has 0 radical (unpaired) electrons. The Labute approximate surface area is 108 Å². The van der Waals surface area contributed by atoms with E-state index in [1.165, 1.54) is 18.4 Å². The van der Waals surface area contributed by atoms with Gasteiger partial charge in [-0.2, -0.15) is 0 Å². The molecular formula is C14H20ClNO. The SMILES string of the molecule is COc1cc(C)c(Cl)c(C)c1CCNC1CC1. The number of ether oxygens (including phenoxy) is 1. The molecule has 0 aromatic heterocycles. The van der Waals surface area contributed by atoms with Gasteiger partial charge in [-0.25, -0.2) is 0 Å². The van der Waals surface area contributed by atoms with E-state index in [2.05, 4.69) is 12.2 Å². The van der Waals surface area contributed by atoms with Gasteiger partial charge in [0, 0.05) is 11.1 Å². The first-order chi connectivity index (χ1) is 8.13. The van der Waals surface area contributed by atoms with Gasteiger partial charge in [-0.3, -0.25) is 0 Å². The molecule has 3 heteroatoms. The molecule has 1 aromatic rings. The number of methoxy groups -OCH3 is 1. The summed E-state index contributed by atoms with van der Waals surface area (Å²) in [4.78, 5) is 0. The summed E-state index contributed by atoms with van der Waals surface area (Å²) in [5.41, 5.74) is 3.47. The van der Waals surface area contributed by atoms with Crippen LogP contribution >= 0.6 is 11.6 Å². The zero-order valence-electron chi connectivity index (χ0n) is 10.8. The standard InChI is InChI=1S/C14H20ClNO/c1-9-8-13(17-3)12(10(2)14(9)15)6-7-16-11-4-5-11/h8,11,16H,4-7H2,1-3H3. The van der Waals surface area contributed by atoms with Gasteiger partial charge in [-0.05, 0) is 62.4 Å². The number of hydrogen-bond donors (Lipinski definition) is 1. The molecule has 1 saturated carbocycles. The van der Waals surface area contributed by atoms with Crippen molar-refractivity contribution >= 4 is 11.6 Å². The zero-order chi connectivity index (χ0) is 12.4. The van der Waals surface area contributed by atoms with E-state index in [9.17, 15) is 0 Å². The molecule has 0 aliphatic heterocycles. The molecule has 94 valence electrons. The van der Waals surface area contributed by atoms with E-state index in [-0.39, 0.29) is 0 Å². The molecule has 2 rings (SSSR count). The molecule has 0 atom stereocenters. The van der Waals surface area contributed by atoms with Crippen molar-refractivity contribution < 1.29 is 4.74 Å². The number of nitrogens with one attached hydrogen (secondary N) is 1. The average Bonchev–Trinajstić information content (AvgIpc) is 3.12. The summed E-state index contributed by atoms with van der Waals surface area (Å²) in [5.74, 6) is 0.960. The first-order valence-corrected chi connectivity index (χ1v) is 6.57. The molecule has 1 aliphatic carbocycles. The van der Waals surface area contributed by atoms with Crippen molar-refractivity contribution in [2.45, 2.75) is 39.2 Å². The van der Waals surface area contributed by atoms with E-state index in [0.29, 0.717) is 0 Å². The maximum absolute atomic E-state index is 6.29. The molecular weight excluding hydrogens is 234 g/mol. The Morgan fingerprint density at radius 1 is 1.41 bits per heavy atom. The van der Waals surface area contributed by atoms with Crippen molar-refractivity contribution in [2.75, 3.05) is 13.7 Å². The molecule has 1 aliphatic rings. The van der Waals surface area contributed by atoms with E-state index in [1.54, 1.807) is 7.11 Å². The fourth-order valence-electron chi connectivity index (χ4n) is 2.14. The van der Waals surface area contributed by atoms with Gasteiger partial charge >= 0.3 is 0 Å². The van der Waals surface area contributed by atoms with Gasteiger partial charge in [-0.15, -0.1) is 0 Å². The van der Waals surface area contributed by atoms with Gasteiger partial charge in [0.05, 0.1) is 7.11 Å². The predicted octanol–water partition coefficient (Wildman–Crippen LogP) is 3.26. The van der Waals surface area contributed by atoms with Crippen LogP contribution in [0.4, 0.5) is 0 Å². The minimum Gasteiger partial charge on any atom is -0.496 e. The van der Waals surface area contributed by atoms with Crippen LogP contribution in [0.5, 0.6) is 5.75 Å². The van der Waals surface area contributed by atoms with Crippen LogP contribution in [0.2, 0.25) is 5.02 Å². The normalized spacial score (nSPS) is 15.1. The zero-order valence-corrected chi connectivity index (χ0v) is 11.5. The monoisotopic (exact) mass is 253 g/mol. The van der Waals surface area contributed by atoms with Gasteiger partial charge in [0.15, 0.2) is 0 Å². The Balaban J connectivity index is 2.14. The van der Waals surface area contributed by atoms with Crippen molar-refractivity contribution in [3.05, 3.63) is 27.8 Å². The lowest BCUT2D eigenvalue weighted by Crippen LogP contribution is -2.20. The summed E-state index contributed by atoms with van der Waals surface area (Å²) >= 11 is 6.29. The highest BCUT2D eigenvalue weighted by molar-refractivity contribution is 6.32. The minimum absolute atomic E-state index is 0.752. The number of halogens is 1. The molecule has 1 N–H and O–H groups in total. The maximum Gasteiger partial charge on any atom is 0.122 e. The van der Waals surface area contributed by atoms with Crippen LogP contribution < -0.4 is 10.1 Å². The Bertz CT molecular complexity index is 413. The predicted molar refractivity (Wildman–Crippen MR) is 72.2 cm³/mol. The van der Waals surface area contributed by atoms with Crippen LogP contribution in [-0.4, -0.2) is 19.7 Å². The lowest BCUT2D eigenvalue weighted by atomic mass is 10.0. The van der Waals surface area contributed by atoms with Crippen LogP contribution in [0, 0.1) is 13.8 Å². The van der Waals surface area contributed by atoms with Crippen molar-refractivity contribution in [1.29, 1.82) is 0 Å². The summed E-state index contributed by atoms with van der Waals surface area (Å²) < 4.78 is 5.45. The minimum atomic E-state index is 0.752. The van der Waals surface area contributed by atoms with Gasteiger partial charge in [0.1, 0.15) is 5.75 Å². The second kappa shape index (κ2) is 5.28. The van der Waals surface area contributed by atoms with Crippen LogP contribution in [0.15, 0.2) is 6.07 Å². The fraction of sp³-hybridized carbons (Fsp3) is 0.571. The lowest BCUT2D eigenvalue weighted by molar-refractivity contribution is 0.408. The van der Waals surface area contributed by atoms with Crippen LogP contribution in [0.25, 0.3) is 0 Å². The molecule has 2 nitrogen and oxygen atoms in total. The fourth-order valence-corrected chi connectivity index (χ4v) is 2.31. The third kappa shape index (κ3) is 2.93. The Kier molecular flexibility index (Phi) is 3.95. The lowest BCUT2D eigenvalue weighted by Gasteiger charge is -2.15. The van der Waals surface area contributed by atoms with Gasteiger partial charge in [0.2, 0.25) is 0 Å². The first-order valence-electron chi connectivity index (χ1n) is 6.19. The summed E-state index contributed by atoms with van der Waals surface area (Å²) in [7, 11) is 1.72. The maximum atomic E-state index is 6.29. The topological polar surface area (TPSA) is 21.3 Å². The van der Waals surface area contributed by atoms with Crippen LogP contribution in [0.1, 0.15) is 29.5 Å². The smallest absolute Gasteiger partial charge is 0.122 e. The number of rotatable bonds is 5. The number of benzene rings is 1.